The highest BCUT2D eigenvalue weighted by Gasteiger charge is 2.27. The number of H-pyrrole nitrogens is 1. The number of benzene rings is 1. The van der Waals surface area contributed by atoms with Gasteiger partial charge in [0.25, 0.3) is 6.43 Å². The van der Waals surface area contributed by atoms with Crippen molar-refractivity contribution in [3.63, 3.8) is 0 Å². The molecule has 0 saturated heterocycles. The molecule has 1 atom stereocenters. The van der Waals surface area contributed by atoms with E-state index in [9.17, 15) is 8.78 Å². The maximum absolute atomic E-state index is 13.6. The van der Waals surface area contributed by atoms with Crippen molar-refractivity contribution in [2.45, 2.75) is 31.9 Å². The van der Waals surface area contributed by atoms with Crippen molar-refractivity contribution in [2.24, 2.45) is 11.5 Å². The number of aromatic amines is 1. The number of nitrogens with one attached hydrogen (secondary N) is 1. The molecule has 3 rings (SSSR count). The smallest absolute Gasteiger partial charge is 0.264 e. The van der Waals surface area contributed by atoms with Crippen molar-refractivity contribution in [3.05, 3.63) is 53.9 Å². The van der Waals surface area contributed by atoms with Gasteiger partial charge >= 0.3 is 0 Å². The third-order valence-electron chi connectivity index (χ3n) is 4.22. The summed E-state index contributed by atoms with van der Waals surface area (Å²) in [6.07, 6.45) is 0.824. The van der Waals surface area contributed by atoms with Gasteiger partial charge in [-0.25, -0.2) is 13.8 Å². The van der Waals surface area contributed by atoms with Crippen molar-refractivity contribution < 1.29 is 8.78 Å². The number of nitrogens with two attached hydrogens (primary N) is 2. The first-order chi connectivity index (χ1) is 11.3. The van der Waals surface area contributed by atoms with E-state index >= 15 is 0 Å². The molecule has 0 aliphatic carbocycles. The molecule has 126 valence electrons. The van der Waals surface area contributed by atoms with Crippen LogP contribution < -0.4 is 11.5 Å². The lowest BCUT2D eigenvalue weighted by molar-refractivity contribution is 0.149. The van der Waals surface area contributed by atoms with Crippen LogP contribution in [0.2, 0.25) is 0 Å². The Hall–Kier alpha value is -2.31. The molecule has 1 aromatic carbocycles. The summed E-state index contributed by atoms with van der Waals surface area (Å²) in [5.74, 6) is 0. The molecule has 0 aliphatic rings. The Kier molecular flexibility index (Phi) is 4.11. The zero-order valence-electron chi connectivity index (χ0n) is 13.6. The predicted octanol–water partition coefficient (Wildman–Crippen LogP) is 3.90. The zero-order valence-corrected chi connectivity index (χ0v) is 13.6. The highest BCUT2D eigenvalue weighted by molar-refractivity contribution is 5.93. The van der Waals surface area contributed by atoms with E-state index in [0.29, 0.717) is 11.1 Å². The summed E-state index contributed by atoms with van der Waals surface area (Å²) in [6, 6.07) is 7.96. The number of halogens is 2. The summed E-state index contributed by atoms with van der Waals surface area (Å²) in [5.41, 5.74) is 13.8. The lowest BCUT2D eigenvalue weighted by Crippen LogP contribution is -2.44. The van der Waals surface area contributed by atoms with E-state index in [-0.39, 0.29) is 5.56 Å². The predicted molar refractivity (Wildman–Crippen MR) is 91.7 cm³/mol. The maximum atomic E-state index is 13.6. The molecule has 0 amide bonds. The summed E-state index contributed by atoms with van der Waals surface area (Å²) < 4.78 is 27.2. The first kappa shape index (κ1) is 16.5. The number of hydrogen-bond acceptors (Lipinski definition) is 3. The van der Waals surface area contributed by atoms with Crippen LogP contribution in [0.4, 0.5) is 8.78 Å². The minimum Gasteiger partial charge on any atom is -0.346 e. The number of alkyl halides is 2. The Morgan fingerprint density at radius 2 is 1.92 bits per heavy atom. The van der Waals surface area contributed by atoms with Gasteiger partial charge in [0.15, 0.2) is 0 Å². The average molecular weight is 330 g/mol. The van der Waals surface area contributed by atoms with Crippen molar-refractivity contribution >= 4 is 11.0 Å². The molecular formula is C18H20F2N4. The fourth-order valence-electron chi connectivity index (χ4n) is 2.81. The van der Waals surface area contributed by atoms with Crippen LogP contribution in [0.5, 0.6) is 0 Å². The second-order valence-electron chi connectivity index (χ2n) is 6.55. The van der Waals surface area contributed by atoms with Gasteiger partial charge in [-0.3, -0.25) is 0 Å². The van der Waals surface area contributed by atoms with Crippen LogP contribution >= 0.6 is 0 Å². The van der Waals surface area contributed by atoms with E-state index in [0.717, 1.165) is 16.6 Å². The zero-order chi connectivity index (χ0) is 17.5. The Balaban J connectivity index is 2.13. The van der Waals surface area contributed by atoms with Gasteiger partial charge in [-0.15, -0.1) is 0 Å². The van der Waals surface area contributed by atoms with E-state index in [2.05, 4.69) is 9.97 Å². The number of hydrogen-bond donors (Lipinski definition) is 3. The largest absolute Gasteiger partial charge is 0.346 e. The summed E-state index contributed by atoms with van der Waals surface area (Å²) in [6.45, 7) is 3.46. The average Bonchev–Trinajstić information content (AvgIpc) is 2.96. The van der Waals surface area contributed by atoms with E-state index < -0.39 is 18.0 Å². The number of fused-ring (bicyclic) bond motifs is 1. The van der Waals surface area contributed by atoms with Crippen LogP contribution in [-0.2, 0) is 0 Å². The van der Waals surface area contributed by atoms with Crippen LogP contribution in [-0.4, -0.2) is 15.5 Å². The Morgan fingerprint density at radius 1 is 1.17 bits per heavy atom. The molecule has 3 aromatic rings. The molecule has 1 unspecified atom stereocenters. The fourth-order valence-corrected chi connectivity index (χ4v) is 2.81. The van der Waals surface area contributed by atoms with Crippen molar-refractivity contribution in [1.29, 1.82) is 0 Å². The number of nitrogens with zero attached hydrogens (tertiary/aromatic N) is 1. The van der Waals surface area contributed by atoms with Crippen molar-refractivity contribution in [3.8, 4) is 11.1 Å². The van der Waals surface area contributed by atoms with Gasteiger partial charge in [-0.1, -0.05) is 12.1 Å². The van der Waals surface area contributed by atoms with Crippen LogP contribution in [0.25, 0.3) is 22.2 Å². The molecule has 0 bridgehead atoms. The second kappa shape index (κ2) is 5.96. The van der Waals surface area contributed by atoms with Crippen molar-refractivity contribution in [1.82, 2.24) is 9.97 Å². The second-order valence-corrected chi connectivity index (χ2v) is 6.55. The monoisotopic (exact) mass is 330 g/mol. The quantitative estimate of drug-likeness (QED) is 0.678. The van der Waals surface area contributed by atoms with Gasteiger partial charge in [0.2, 0.25) is 0 Å². The fraction of sp³-hybridized carbons (Fsp3) is 0.278. The molecule has 0 spiro atoms. The molecule has 4 nitrogen and oxygen atoms in total. The van der Waals surface area contributed by atoms with Gasteiger partial charge < -0.3 is 16.5 Å². The van der Waals surface area contributed by atoms with Crippen LogP contribution in [0, 0.1) is 0 Å². The Morgan fingerprint density at radius 3 is 2.58 bits per heavy atom. The Bertz CT molecular complexity index is 865. The lowest BCUT2D eigenvalue weighted by atomic mass is 9.86. The van der Waals surface area contributed by atoms with Gasteiger partial charge in [0.05, 0.1) is 0 Å². The molecule has 0 radical (unpaired) electrons. The molecule has 0 saturated carbocycles. The van der Waals surface area contributed by atoms with E-state index in [1.54, 1.807) is 38.4 Å². The third-order valence-corrected chi connectivity index (χ3v) is 4.22. The minimum absolute atomic E-state index is 0.0863. The lowest BCUT2D eigenvalue weighted by Gasteiger charge is -2.29. The summed E-state index contributed by atoms with van der Waals surface area (Å²) >= 11 is 0. The first-order valence-corrected chi connectivity index (χ1v) is 7.68. The highest BCUT2D eigenvalue weighted by Crippen LogP contribution is 2.35. The normalized spacial score (nSPS) is 13.6. The molecular weight excluding hydrogens is 310 g/mol. The molecule has 2 heterocycles. The molecule has 5 N–H and O–H groups in total. The van der Waals surface area contributed by atoms with Crippen LogP contribution in [0.1, 0.15) is 37.4 Å². The summed E-state index contributed by atoms with van der Waals surface area (Å²) in [7, 11) is 0. The molecule has 6 heteroatoms. The molecule has 0 fully saturated rings. The van der Waals surface area contributed by atoms with Crippen LogP contribution in [0.15, 0.2) is 42.7 Å². The van der Waals surface area contributed by atoms with E-state index in [4.69, 9.17) is 11.5 Å². The van der Waals surface area contributed by atoms with E-state index in [1.165, 1.54) is 6.07 Å². The number of aromatic nitrogens is 2. The third kappa shape index (κ3) is 2.90. The molecule has 2 aromatic heterocycles. The van der Waals surface area contributed by atoms with Gasteiger partial charge in [-0.05, 0) is 43.2 Å². The van der Waals surface area contributed by atoms with Crippen LogP contribution in [0.3, 0.4) is 0 Å². The standard InChI is InChI=1S/C18H20F2N4/c1-18(2,22)15(21)11-6-5-10(8-13(11)16(19)20)14-9-24-17-12(14)4-3-7-23-17/h3-9,15-16H,21-22H2,1-2H3,(H,23,24). The highest BCUT2D eigenvalue weighted by atomic mass is 19.3. The summed E-state index contributed by atoms with van der Waals surface area (Å²) in [4.78, 5) is 7.28. The summed E-state index contributed by atoms with van der Waals surface area (Å²) in [5, 5.41) is 0.883. The molecule has 0 aliphatic heterocycles. The number of rotatable bonds is 4. The Labute approximate surface area is 138 Å². The first-order valence-electron chi connectivity index (χ1n) is 7.68. The SMILES string of the molecule is CC(C)(N)C(N)c1ccc(-c2c[nH]c3ncccc23)cc1C(F)F. The topological polar surface area (TPSA) is 80.7 Å². The van der Waals surface area contributed by atoms with Gasteiger partial charge in [0.1, 0.15) is 5.65 Å². The van der Waals surface area contributed by atoms with E-state index in [1.807, 2.05) is 12.1 Å². The van der Waals surface area contributed by atoms with Gasteiger partial charge in [0, 0.05) is 40.5 Å². The minimum atomic E-state index is -2.63. The molecule has 24 heavy (non-hydrogen) atoms. The van der Waals surface area contributed by atoms with Gasteiger partial charge in [-0.2, -0.15) is 0 Å². The number of pyridine rings is 1. The maximum Gasteiger partial charge on any atom is 0.264 e. The van der Waals surface area contributed by atoms with Crippen molar-refractivity contribution in [2.75, 3.05) is 0 Å².